The van der Waals surface area contributed by atoms with Crippen LogP contribution < -0.4 is 0 Å². The summed E-state index contributed by atoms with van der Waals surface area (Å²) in [6.45, 7) is 4.77. The van der Waals surface area contributed by atoms with Crippen LogP contribution in [0.3, 0.4) is 0 Å². The second kappa shape index (κ2) is 2.25. The number of hydrogen-bond acceptors (Lipinski definition) is 0. The van der Waals surface area contributed by atoms with Gasteiger partial charge in [-0.05, 0) is 42.9 Å². The van der Waals surface area contributed by atoms with Gasteiger partial charge in [0, 0.05) is 0 Å². The van der Waals surface area contributed by atoms with Gasteiger partial charge in [0.1, 0.15) is 0 Å². The second-order valence-corrected chi connectivity index (χ2v) is 4.40. The predicted molar refractivity (Wildman–Crippen MR) is 43.8 cm³/mol. The Labute approximate surface area is 64.0 Å². The van der Waals surface area contributed by atoms with E-state index in [0.29, 0.717) is 0 Å². The molecular weight excluding hydrogens is 120 g/mol. The van der Waals surface area contributed by atoms with Crippen LogP contribution in [0.5, 0.6) is 0 Å². The lowest BCUT2D eigenvalue weighted by Gasteiger charge is -2.40. The molecule has 0 aromatic carbocycles. The van der Waals surface area contributed by atoms with E-state index in [1.807, 2.05) is 0 Å². The second-order valence-electron chi connectivity index (χ2n) is 4.40. The highest BCUT2D eigenvalue weighted by molar-refractivity contribution is 4.94. The molecule has 0 nitrogen and oxygen atoms in total. The molecule has 0 amide bonds. The van der Waals surface area contributed by atoms with Crippen molar-refractivity contribution in [2.45, 2.75) is 39.5 Å². The molecule has 0 aromatic heterocycles. The van der Waals surface area contributed by atoms with E-state index in [1.165, 1.54) is 6.42 Å². The normalized spacial score (nSPS) is 52.2. The first-order chi connectivity index (χ1) is 4.81. The van der Waals surface area contributed by atoms with E-state index >= 15 is 0 Å². The molecule has 2 aliphatic carbocycles. The van der Waals surface area contributed by atoms with Gasteiger partial charge in [-0.3, -0.25) is 0 Å². The van der Waals surface area contributed by atoms with Crippen molar-refractivity contribution in [3.05, 3.63) is 0 Å². The average molecular weight is 138 g/mol. The summed E-state index contributed by atoms with van der Waals surface area (Å²) in [5, 5.41) is 0. The monoisotopic (exact) mass is 138 g/mol. The molecule has 0 bridgehead atoms. The topological polar surface area (TPSA) is 0 Å². The molecule has 0 spiro atoms. The fourth-order valence-electron chi connectivity index (χ4n) is 3.13. The summed E-state index contributed by atoms with van der Waals surface area (Å²) < 4.78 is 0. The van der Waals surface area contributed by atoms with Crippen molar-refractivity contribution in [3.63, 3.8) is 0 Å². The Morgan fingerprint density at radius 1 is 1.20 bits per heavy atom. The zero-order valence-electron chi connectivity index (χ0n) is 7.14. The van der Waals surface area contributed by atoms with E-state index in [0.717, 1.165) is 23.7 Å². The quantitative estimate of drug-likeness (QED) is 0.522. The molecule has 58 valence electrons. The molecule has 4 atom stereocenters. The maximum atomic E-state index is 2.42. The maximum Gasteiger partial charge on any atom is -0.0355 e. The van der Waals surface area contributed by atoms with E-state index in [2.05, 4.69) is 13.8 Å². The molecule has 0 saturated heterocycles. The van der Waals surface area contributed by atoms with Crippen LogP contribution in [0.25, 0.3) is 0 Å². The first kappa shape index (κ1) is 6.69. The van der Waals surface area contributed by atoms with Crippen LogP contribution >= 0.6 is 0 Å². The van der Waals surface area contributed by atoms with Crippen molar-refractivity contribution in [2.75, 3.05) is 0 Å². The third kappa shape index (κ3) is 0.810. The third-order valence-electron chi connectivity index (χ3n) is 3.72. The van der Waals surface area contributed by atoms with Crippen molar-refractivity contribution in [2.24, 2.45) is 23.7 Å². The first-order valence-corrected chi connectivity index (χ1v) is 4.81. The van der Waals surface area contributed by atoms with Crippen LogP contribution in [0, 0.1) is 23.7 Å². The minimum Gasteiger partial charge on any atom is -0.0651 e. The smallest absolute Gasteiger partial charge is 0.0355 e. The number of rotatable bonds is 1. The van der Waals surface area contributed by atoms with Crippen LogP contribution in [0.1, 0.15) is 39.5 Å². The Kier molecular flexibility index (Phi) is 1.51. The maximum absolute atomic E-state index is 2.42. The largest absolute Gasteiger partial charge is 0.0651 e. The fourth-order valence-corrected chi connectivity index (χ4v) is 3.13. The molecule has 0 radical (unpaired) electrons. The van der Waals surface area contributed by atoms with Gasteiger partial charge in [0.05, 0.1) is 0 Å². The minimum absolute atomic E-state index is 1.05. The van der Waals surface area contributed by atoms with Crippen LogP contribution in [-0.4, -0.2) is 0 Å². The van der Waals surface area contributed by atoms with Crippen molar-refractivity contribution in [1.29, 1.82) is 0 Å². The SMILES string of the molecule is CCC1CC2CC(C)CC12. The molecule has 0 N–H and O–H groups in total. The molecule has 0 aliphatic heterocycles. The molecule has 2 saturated carbocycles. The van der Waals surface area contributed by atoms with E-state index in [-0.39, 0.29) is 0 Å². The zero-order valence-corrected chi connectivity index (χ0v) is 7.14. The predicted octanol–water partition coefficient (Wildman–Crippen LogP) is 3.08. The lowest BCUT2D eigenvalue weighted by Crippen LogP contribution is -2.31. The van der Waals surface area contributed by atoms with Gasteiger partial charge in [0.25, 0.3) is 0 Å². The van der Waals surface area contributed by atoms with E-state index < -0.39 is 0 Å². The molecule has 2 rings (SSSR count). The summed E-state index contributed by atoms with van der Waals surface area (Å²) in [7, 11) is 0. The Morgan fingerprint density at radius 3 is 2.60 bits per heavy atom. The highest BCUT2D eigenvalue weighted by Gasteiger charge is 2.44. The molecule has 0 aromatic rings. The lowest BCUT2D eigenvalue weighted by atomic mass is 9.66. The lowest BCUT2D eigenvalue weighted by molar-refractivity contribution is 0.0997. The van der Waals surface area contributed by atoms with Gasteiger partial charge in [-0.1, -0.05) is 20.3 Å². The zero-order chi connectivity index (χ0) is 7.14. The summed E-state index contributed by atoms with van der Waals surface area (Å²) in [4.78, 5) is 0. The van der Waals surface area contributed by atoms with Gasteiger partial charge in [-0.15, -0.1) is 0 Å². The molecule has 4 unspecified atom stereocenters. The summed E-state index contributed by atoms with van der Waals surface area (Å²) in [6, 6.07) is 0. The first-order valence-electron chi connectivity index (χ1n) is 4.81. The summed E-state index contributed by atoms with van der Waals surface area (Å²) in [6.07, 6.45) is 6.09. The Bertz CT molecular complexity index is 124. The van der Waals surface area contributed by atoms with Crippen molar-refractivity contribution in [1.82, 2.24) is 0 Å². The standard InChI is InChI=1S/C10H18/c1-3-8-6-9-4-7(2)5-10(8)9/h7-10H,3-6H2,1-2H3. The Balaban J connectivity index is 1.93. The number of hydrogen-bond donors (Lipinski definition) is 0. The number of fused-ring (bicyclic) bond motifs is 1. The Hall–Kier alpha value is 0. The van der Waals surface area contributed by atoms with Gasteiger partial charge in [0.15, 0.2) is 0 Å². The van der Waals surface area contributed by atoms with Crippen LogP contribution in [-0.2, 0) is 0 Å². The highest BCUT2D eigenvalue weighted by atomic mass is 14.5. The fraction of sp³-hybridized carbons (Fsp3) is 1.00. The van der Waals surface area contributed by atoms with Gasteiger partial charge in [0.2, 0.25) is 0 Å². The molecule has 0 heterocycles. The molecular formula is C10H18. The molecule has 2 aliphatic rings. The van der Waals surface area contributed by atoms with Gasteiger partial charge in [-0.2, -0.15) is 0 Å². The van der Waals surface area contributed by atoms with E-state index in [4.69, 9.17) is 0 Å². The van der Waals surface area contributed by atoms with Gasteiger partial charge < -0.3 is 0 Å². The average Bonchev–Trinajstić information content (AvgIpc) is 2.15. The Morgan fingerprint density at radius 2 is 2.00 bits per heavy atom. The minimum atomic E-state index is 1.05. The molecule has 2 fully saturated rings. The van der Waals surface area contributed by atoms with E-state index in [1.54, 1.807) is 19.3 Å². The van der Waals surface area contributed by atoms with Crippen LogP contribution in [0.2, 0.25) is 0 Å². The summed E-state index contributed by atoms with van der Waals surface area (Å²) in [5.74, 6) is 4.47. The van der Waals surface area contributed by atoms with Gasteiger partial charge >= 0.3 is 0 Å². The molecule has 10 heavy (non-hydrogen) atoms. The molecule has 0 heteroatoms. The van der Waals surface area contributed by atoms with Gasteiger partial charge in [-0.25, -0.2) is 0 Å². The van der Waals surface area contributed by atoms with E-state index in [9.17, 15) is 0 Å². The van der Waals surface area contributed by atoms with Crippen molar-refractivity contribution in [3.8, 4) is 0 Å². The van der Waals surface area contributed by atoms with Crippen LogP contribution in [0.4, 0.5) is 0 Å². The summed E-state index contributed by atoms with van der Waals surface area (Å²) in [5.41, 5.74) is 0. The van der Waals surface area contributed by atoms with Crippen molar-refractivity contribution < 1.29 is 0 Å². The van der Waals surface area contributed by atoms with Crippen LogP contribution in [0.15, 0.2) is 0 Å². The summed E-state index contributed by atoms with van der Waals surface area (Å²) >= 11 is 0. The van der Waals surface area contributed by atoms with Crippen molar-refractivity contribution >= 4 is 0 Å². The third-order valence-corrected chi connectivity index (χ3v) is 3.72. The highest BCUT2D eigenvalue weighted by Crippen LogP contribution is 2.54.